The first-order chi connectivity index (χ1) is 12.7. The van der Waals surface area contributed by atoms with Gasteiger partial charge in [-0.05, 0) is 32.1 Å². The van der Waals surface area contributed by atoms with E-state index in [0.29, 0.717) is 17.8 Å². The van der Waals surface area contributed by atoms with Crippen LogP contribution in [0.15, 0.2) is 29.7 Å². The third kappa shape index (κ3) is 3.20. The Morgan fingerprint density at radius 2 is 2.11 bits per heavy atom. The monoisotopic (exact) mass is 395 g/mol. The maximum absolute atomic E-state index is 13.7. The Balaban J connectivity index is 2.49. The van der Waals surface area contributed by atoms with E-state index < -0.39 is 22.7 Å². The van der Waals surface area contributed by atoms with Crippen LogP contribution < -0.4 is 5.56 Å². The Hall–Kier alpha value is -2.75. The van der Waals surface area contributed by atoms with Crippen LogP contribution in [-0.2, 0) is 19.3 Å². The lowest BCUT2D eigenvalue weighted by molar-refractivity contribution is -0.136. The standard InChI is InChI=1S/C17H16F3N5OS/c1-4-6-24-14-13(15(26)23-16(24)27)11(17(18,19)20)7-12(22-14)10-8-21-25(5-2)9(10)3/h4,7-8H,1,5-6H2,2-3H3,(H,23,26,27). The van der Waals surface area contributed by atoms with Crippen LogP contribution in [0, 0.1) is 11.7 Å². The summed E-state index contributed by atoms with van der Waals surface area (Å²) >= 11 is 5.10. The van der Waals surface area contributed by atoms with Crippen LogP contribution in [0.5, 0.6) is 0 Å². The topological polar surface area (TPSA) is 68.5 Å². The summed E-state index contributed by atoms with van der Waals surface area (Å²) in [6.45, 7) is 7.88. The Bertz CT molecular complexity index is 1160. The molecule has 3 aromatic heterocycles. The fourth-order valence-electron chi connectivity index (χ4n) is 2.95. The minimum atomic E-state index is -4.74. The molecule has 0 aliphatic heterocycles. The van der Waals surface area contributed by atoms with E-state index in [4.69, 9.17) is 12.2 Å². The van der Waals surface area contributed by atoms with Crippen molar-refractivity contribution in [3.05, 3.63) is 51.3 Å². The molecule has 142 valence electrons. The van der Waals surface area contributed by atoms with Crippen molar-refractivity contribution in [3.8, 4) is 11.3 Å². The van der Waals surface area contributed by atoms with Crippen LogP contribution in [0.25, 0.3) is 22.3 Å². The molecule has 0 aliphatic carbocycles. The number of hydrogen-bond acceptors (Lipinski definition) is 4. The summed E-state index contributed by atoms with van der Waals surface area (Å²) < 4.78 is 44.1. The predicted octanol–water partition coefficient (Wildman–Crippen LogP) is 3.85. The van der Waals surface area contributed by atoms with Gasteiger partial charge in [-0.1, -0.05) is 6.08 Å². The number of aryl methyl sites for hydroxylation is 1. The van der Waals surface area contributed by atoms with E-state index in [1.807, 2.05) is 6.92 Å². The molecule has 0 bridgehead atoms. The van der Waals surface area contributed by atoms with Crippen molar-refractivity contribution in [2.75, 3.05) is 0 Å². The Labute approximate surface area is 157 Å². The molecule has 6 nitrogen and oxygen atoms in total. The number of nitrogens with one attached hydrogen (secondary N) is 1. The fourth-order valence-corrected chi connectivity index (χ4v) is 3.20. The summed E-state index contributed by atoms with van der Waals surface area (Å²) in [5.41, 5.74) is -0.929. The molecule has 0 aromatic carbocycles. The van der Waals surface area contributed by atoms with Crippen molar-refractivity contribution in [2.45, 2.75) is 33.1 Å². The molecule has 0 aliphatic rings. The van der Waals surface area contributed by atoms with Crippen molar-refractivity contribution in [1.82, 2.24) is 24.3 Å². The number of aromatic amines is 1. The molecule has 0 unspecified atom stereocenters. The molecule has 0 fully saturated rings. The number of hydrogen-bond donors (Lipinski definition) is 1. The normalized spacial score (nSPS) is 11.9. The van der Waals surface area contributed by atoms with Crippen molar-refractivity contribution < 1.29 is 13.2 Å². The van der Waals surface area contributed by atoms with Gasteiger partial charge in [0.05, 0.1) is 22.8 Å². The van der Waals surface area contributed by atoms with Gasteiger partial charge in [0.2, 0.25) is 0 Å². The van der Waals surface area contributed by atoms with Crippen molar-refractivity contribution in [2.24, 2.45) is 0 Å². The second-order valence-electron chi connectivity index (χ2n) is 5.87. The number of allylic oxidation sites excluding steroid dienone is 1. The lowest BCUT2D eigenvalue weighted by atomic mass is 10.1. The third-order valence-electron chi connectivity index (χ3n) is 4.24. The zero-order valence-corrected chi connectivity index (χ0v) is 15.4. The van der Waals surface area contributed by atoms with Gasteiger partial charge in [-0.2, -0.15) is 18.3 Å². The minimum Gasteiger partial charge on any atom is -0.299 e. The van der Waals surface area contributed by atoms with Gasteiger partial charge in [-0.15, -0.1) is 6.58 Å². The molecule has 27 heavy (non-hydrogen) atoms. The van der Waals surface area contributed by atoms with E-state index in [-0.39, 0.29) is 22.7 Å². The van der Waals surface area contributed by atoms with Gasteiger partial charge in [0.25, 0.3) is 5.56 Å². The molecule has 1 N–H and O–H groups in total. The van der Waals surface area contributed by atoms with Crippen LogP contribution >= 0.6 is 12.2 Å². The highest BCUT2D eigenvalue weighted by Crippen LogP contribution is 2.36. The zero-order valence-electron chi connectivity index (χ0n) is 14.6. The maximum atomic E-state index is 13.7. The van der Waals surface area contributed by atoms with Crippen LogP contribution in [0.1, 0.15) is 18.2 Å². The van der Waals surface area contributed by atoms with Gasteiger partial charge in [-0.3, -0.25) is 19.0 Å². The second-order valence-corrected chi connectivity index (χ2v) is 6.26. The highest BCUT2D eigenvalue weighted by Gasteiger charge is 2.35. The molecule has 0 saturated heterocycles. The molecular weight excluding hydrogens is 379 g/mol. The summed E-state index contributed by atoms with van der Waals surface area (Å²) in [6, 6.07) is 0.878. The van der Waals surface area contributed by atoms with Crippen LogP contribution in [0.2, 0.25) is 0 Å². The molecule has 0 amide bonds. The van der Waals surface area contributed by atoms with Gasteiger partial charge in [-0.25, -0.2) is 4.98 Å². The predicted molar refractivity (Wildman–Crippen MR) is 98.0 cm³/mol. The smallest absolute Gasteiger partial charge is 0.299 e. The number of H-pyrrole nitrogens is 1. The van der Waals surface area contributed by atoms with Crippen LogP contribution in [0.4, 0.5) is 13.2 Å². The van der Waals surface area contributed by atoms with Gasteiger partial charge >= 0.3 is 6.18 Å². The first kappa shape index (κ1) is 19.0. The van der Waals surface area contributed by atoms with Crippen LogP contribution in [-0.4, -0.2) is 24.3 Å². The number of aromatic nitrogens is 5. The summed E-state index contributed by atoms with van der Waals surface area (Å²) in [7, 11) is 0. The van der Waals surface area contributed by atoms with E-state index in [0.717, 1.165) is 6.07 Å². The maximum Gasteiger partial charge on any atom is 0.417 e. The lowest BCUT2D eigenvalue weighted by Crippen LogP contribution is -2.20. The Kier molecular flexibility index (Phi) is 4.77. The van der Waals surface area contributed by atoms with Crippen molar-refractivity contribution in [3.63, 3.8) is 0 Å². The lowest BCUT2D eigenvalue weighted by Gasteiger charge is -2.15. The molecule has 3 rings (SSSR count). The molecule has 0 radical (unpaired) electrons. The molecule has 0 spiro atoms. The highest BCUT2D eigenvalue weighted by atomic mass is 32.1. The molecular formula is C17H16F3N5OS. The van der Waals surface area contributed by atoms with Gasteiger partial charge < -0.3 is 0 Å². The van der Waals surface area contributed by atoms with Crippen molar-refractivity contribution >= 4 is 23.3 Å². The van der Waals surface area contributed by atoms with Crippen molar-refractivity contribution in [1.29, 1.82) is 0 Å². The highest BCUT2D eigenvalue weighted by molar-refractivity contribution is 7.71. The number of nitrogens with zero attached hydrogens (tertiary/aromatic N) is 4. The SMILES string of the molecule is C=CCn1c(=S)[nH]c(=O)c2c(C(F)(F)F)cc(-c3cnn(CC)c3C)nc21. The van der Waals surface area contributed by atoms with E-state index in [1.165, 1.54) is 16.8 Å². The van der Waals surface area contributed by atoms with E-state index >= 15 is 0 Å². The summed E-state index contributed by atoms with van der Waals surface area (Å²) in [5, 5.41) is 3.61. The Morgan fingerprint density at radius 1 is 1.41 bits per heavy atom. The Morgan fingerprint density at radius 3 is 2.67 bits per heavy atom. The quantitative estimate of drug-likeness (QED) is 0.538. The molecule has 10 heteroatoms. The van der Waals surface area contributed by atoms with E-state index in [1.54, 1.807) is 11.6 Å². The zero-order chi connectivity index (χ0) is 19.9. The van der Waals surface area contributed by atoms with Gasteiger partial charge in [0, 0.05) is 24.3 Å². The largest absolute Gasteiger partial charge is 0.417 e. The molecule has 3 aromatic rings. The van der Waals surface area contributed by atoms with Crippen LogP contribution in [0.3, 0.4) is 0 Å². The number of alkyl halides is 3. The first-order valence-electron chi connectivity index (χ1n) is 8.07. The summed E-state index contributed by atoms with van der Waals surface area (Å²) in [6.07, 6.45) is -1.81. The van der Waals surface area contributed by atoms with Gasteiger partial charge in [0.15, 0.2) is 4.77 Å². The number of fused-ring (bicyclic) bond motifs is 1. The van der Waals surface area contributed by atoms with E-state index in [9.17, 15) is 18.0 Å². The first-order valence-corrected chi connectivity index (χ1v) is 8.48. The third-order valence-corrected chi connectivity index (χ3v) is 4.57. The minimum absolute atomic E-state index is 0.0221. The average molecular weight is 395 g/mol. The molecule has 0 atom stereocenters. The van der Waals surface area contributed by atoms with E-state index in [2.05, 4.69) is 21.6 Å². The number of halogens is 3. The summed E-state index contributed by atoms with van der Waals surface area (Å²) in [4.78, 5) is 18.9. The average Bonchev–Trinajstić information content (AvgIpc) is 2.97. The number of rotatable bonds is 4. The molecule has 0 saturated carbocycles. The second kappa shape index (κ2) is 6.76. The number of pyridine rings is 1. The fraction of sp³-hybridized carbons (Fsp3) is 0.294. The summed E-state index contributed by atoms with van der Waals surface area (Å²) in [5.74, 6) is 0. The molecule has 3 heterocycles. The van der Waals surface area contributed by atoms with Gasteiger partial charge in [0.1, 0.15) is 5.65 Å².